The van der Waals surface area contributed by atoms with Crippen LogP contribution in [0.15, 0.2) is 28.9 Å². The van der Waals surface area contributed by atoms with Crippen LogP contribution < -0.4 is 5.43 Å². The van der Waals surface area contributed by atoms with Crippen molar-refractivity contribution < 1.29 is 0 Å². The normalized spacial score (nSPS) is 28.8. The molecular formula is C8H9N2. The third kappa shape index (κ3) is 0.856. The summed E-state index contributed by atoms with van der Waals surface area (Å²) in [7, 11) is 0. The van der Waals surface area contributed by atoms with Gasteiger partial charge in [-0.3, -0.25) is 0 Å². The lowest BCUT2D eigenvalue weighted by Gasteiger charge is -2.19. The van der Waals surface area contributed by atoms with E-state index < -0.39 is 0 Å². The summed E-state index contributed by atoms with van der Waals surface area (Å²) in [5, 5.41) is 3.85. The number of fused-ring (bicyclic) bond motifs is 1. The van der Waals surface area contributed by atoms with Crippen LogP contribution in [0.3, 0.4) is 0 Å². The lowest BCUT2D eigenvalue weighted by atomic mass is 9.96. The first-order chi connectivity index (χ1) is 4.97. The summed E-state index contributed by atoms with van der Waals surface area (Å²) >= 11 is 0. The van der Waals surface area contributed by atoms with Crippen molar-refractivity contribution in [2.24, 2.45) is 5.10 Å². The van der Waals surface area contributed by atoms with Crippen molar-refractivity contribution >= 4 is 6.21 Å². The predicted octanol–water partition coefficient (Wildman–Crippen LogP) is 1.24. The van der Waals surface area contributed by atoms with Crippen LogP contribution in [0.25, 0.3) is 0 Å². The summed E-state index contributed by atoms with van der Waals surface area (Å²) in [6.07, 6.45) is 10.4. The average Bonchev–Trinajstić information content (AvgIpc) is 2.05. The van der Waals surface area contributed by atoms with Gasteiger partial charge in [0.2, 0.25) is 0 Å². The zero-order valence-electron chi connectivity index (χ0n) is 5.70. The molecule has 0 saturated heterocycles. The topological polar surface area (TPSA) is 26.5 Å². The Labute approximate surface area is 60.3 Å². The fourth-order valence-corrected chi connectivity index (χ4v) is 1.28. The molecule has 0 fully saturated rings. The highest BCUT2D eigenvalue weighted by atomic mass is 15.3. The van der Waals surface area contributed by atoms with E-state index in [1.165, 1.54) is 5.57 Å². The van der Waals surface area contributed by atoms with Crippen LogP contribution in [0.5, 0.6) is 0 Å². The minimum Gasteiger partial charge on any atom is -0.181 e. The molecule has 0 saturated carbocycles. The fraction of sp³-hybridized carbons (Fsp3) is 0.375. The standard InChI is InChI=1S/C8H9N2/c1-2-4-8-7(3-1)5-6-9-10-8/h1,3,5-6,8H,2,4H2. The minimum atomic E-state index is 0.356. The Kier molecular flexibility index (Phi) is 1.31. The zero-order chi connectivity index (χ0) is 6.81. The SMILES string of the molecule is C1=CC2=CC=N[N]C2CC1. The molecule has 2 nitrogen and oxygen atoms in total. The number of nitrogens with zero attached hydrogens (tertiary/aromatic N) is 2. The van der Waals surface area contributed by atoms with E-state index in [0.29, 0.717) is 6.04 Å². The number of rotatable bonds is 0. The van der Waals surface area contributed by atoms with Crippen molar-refractivity contribution in [3.05, 3.63) is 23.8 Å². The van der Waals surface area contributed by atoms with Gasteiger partial charge in [0.1, 0.15) is 0 Å². The molecule has 1 unspecified atom stereocenters. The van der Waals surface area contributed by atoms with Gasteiger partial charge in [-0.25, -0.2) is 0 Å². The van der Waals surface area contributed by atoms with Gasteiger partial charge in [-0.05, 0) is 24.5 Å². The monoisotopic (exact) mass is 133 g/mol. The van der Waals surface area contributed by atoms with Crippen molar-refractivity contribution in [2.45, 2.75) is 18.9 Å². The summed E-state index contributed by atoms with van der Waals surface area (Å²) < 4.78 is 0. The second kappa shape index (κ2) is 2.29. The summed E-state index contributed by atoms with van der Waals surface area (Å²) in [6, 6.07) is 0.356. The smallest absolute Gasteiger partial charge is 0.0965 e. The molecule has 10 heavy (non-hydrogen) atoms. The van der Waals surface area contributed by atoms with Gasteiger partial charge in [0.05, 0.1) is 6.04 Å². The van der Waals surface area contributed by atoms with Crippen LogP contribution in [0, 0.1) is 0 Å². The molecule has 0 amide bonds. The summed E-state index contributed by atoms with van der Waals surface area (Å²) in [5.74, 6) is 0. The van der Waals surface area contributed by atoms with E-state index in [9.17, 15) is 0 Å². The molecule has 1 aliphatic heterocycles. The van der Waals surface area contributed by atoms with Crippen LogP contribution in [-0.2, 0) is 0 Å². The van der Waals surface area contributed by atoms with E-state index in [4.69, 9.17) is 0 Å². The van der Waals surface area contributed by atoms with Gasteiger partial charge in [0.15, 0.2) is 0 Å². The maximum absolute atomic E-state index is 4.10. The van der Waals surface area contributed by atoms with Gasteiger partial charge in [0, 0.05) is 6.21 Å². The molecule has 1 heterocycles. The van der Waals surface area contributed by atoms with Crippen molar-refractivity contribution in [2.75, 3.05) is 0 Å². The fourth-order valence-electron chi connectivity index (χ4n) is 1.28. The van der Waals surface area contributed by atoms with Crippen molar-refractivity contribution in [3.63, 3.8) is 0 Å². The first-order valence-corrected chi connectivity index (χ1v) is 3.57. The number of hydrogen-bond acceptors (Lipinski definition) is 1. The quantitative estimate of drug-likeness (QED) is 0.475. The third-order valence-electron chi connectivity index (χ3n) is 1.84. The molecule has 1 radical (unpaired) electrons. The Balaban J connectivity index is 2.27. The molecule has 2 rings (SSSR count). The Bertz CT molecular complexity index is 213. The van der Waals surface area contributed by atoms with Crippen molar-refractivity contribution in [1.82, 2.24) is 5.43 Å². The van der Waals surface area contributed by atoms with E-state index in [1.54, 1.807) is 6.21 Å². The first kappa shape index (κ1) is 5.71. The second-order valence-corrected chi connectivity index (χ2v) is 2.54. The van der Waals surface area contributed by atoms with Gasteiger partial charge in [-0.15, -0.1) is 0 Å². The van der Waals surface area contributed by atoms with Crippen LogP contribution in [0.4, 0.5) is 0 Å². The molecule has 2 heteroatoms. The molecule has 0 aromatic carbocycles. The molecule has 0 N–H and O–H groups in total. The predicted molar refractivity (Wildman–Crippen MR) is 40.9 cm³/mol. The number of allylic oxidation sites excluding steroid dienone is 2. The highest BCUT2D eigenvalue weighted by molar-refractivity contribution is 5.74. The van der Waals surface area contributed by atoms with Crippen LogP contribution >= 0.6 is 0 Å². The van der Waals surface area contributed by atoms with Gasteiger partial charge >= 0.3 is 0 Å². The van der Waals surface area contributed by atoms with Crippen molar-refractivity contribution in [3.8, 4) is 0 Å². The zero-order valence-corrected chi connectivity index (χ0v) is 5.70. The Morgan fingerprint density at radius 3 is 3.40 bits per heavy atom. The summed E-state index contributed by atoms with van der Waals surface area (Å²) in [4.78, 5) is 0. The van der Waals surface area contributed by atoms with Gasteiger partial charge in [-0.1, -0.05) is 12.2 Å². The number of hydrogen-bond donors (Lipinski definition) is 0. The molecular weight excluding hydrogens is 124 g/mol. The largest absolute Gasteiger partial charge is 0.181 e. The summed E-state index contributed by atoms with van der Waals surface area (Å²) in [5.41, 5.74) is 5.41. The molecule has 0 spiro atoms. The maximum atomic E-state index is 4.10. The van der Waals surface area contributed by atoms with E-state index in [1.807, 2.05) is 6.08 Å². The van der Waals surface area contributed by atoms with E-state index >= 15 is 0 Å². The molecule has 51 valence electrons. The second-order valence-electron chi connectivity index (χ2n) is 2.54. The lowest BCUT2D eigenvalue weighted by Crippen LogP contribution is -2.24. The minimum absolute atomic E-state index is 0.356. The average molecular weight is 133 g/mol. The van der Waals surface area contributed by atoms with Crippen LogP contribution in [0.1, 0.15) is 12.8 Å². The lowest BCUT2D eigenvalue weighted by molar-refractivity contribution is 0.543. The highest BCUT2D eigenvalue weighted by Crippen LogP contribution is 2.18. The molecule has 2 aliphatic rings. The molecule has 1 atom stereocenters. The van der Waals surface area contributed by atoms with E-state index in [-0.39, 0.29) is 0 Å². The van der Waals surface area contributed by atoms with Crippen LogP contribution in [0.2, 0.25) is 0 Å². The van der Waals surface area contributed by atoms with Gasteiger partial charge in [0.25, 0.3) is 0 Å². The highest BCUT2D eigenvalue weighted by Gasteiger charge is 2.16. The van der Waals surface area contributed by atoms with E-state index in [2.05, 4.69) is 22.7 Å². The van der Waals surface area contributed by atoms with Gasteiger partial charge < -0.3 is 0 Å². The van der Waals surface area contributed by atoms with Crippen LogP contribution in [-0.4, -0.2) is 12.3 Å². The molecule has 0 bridgehead atoms. The van der Waals surface area contributed by atoms with Gasteiger partial charge in [-0.2, -0.15) is 10.5 Å². The molecule has 0 aromatic rings. The van der Waals surface area contributed by atoms with Crippen molar-refractivity contribution in [1.29, 1.82) is 0 Å². The Hall–Kier alpha value is -1.05. The van der Waals surface area contributed by atoms with E-state index in [0.717, 1.165) is 12.8 Å². The Morgan fingerprint density at radius 1 is 1.50 bits per heavy atom. The molecule has 0 aromatic heterocycles. The Morgan fingerprint density at radius 2 is 2.50 bits per heavy atom. The third-order valence-corrected chi connectivity index (χ3v) is 1.84. The maximum Gasteiger partial charge on any atom is 0.0965 e. The first-order valence-electron chi connectivity index (χ1n) is 3.57. The summed E-state index contributed by atoms with van der Waals surface area (Å²) in [6.45, 7) is 0. The molecule has 1 aliphatic carbocycles.